The molecule has 0 aromatic heterocycles. The molecule has 0 heterocycles. The molecule has 0 fully saturated rings. The highest BCUT2D eigenvalue weighted by Gasteiger charge is 2.16. The third-order valence-corrected chi connectivity index (χ3v) is 6.92. The lowest BCUT2D eigenvalue weighted by Gasteiger charge is -2.06. The fourth-order valence-corrected chi connectivity index (χ4v) is 4.52. The average Bonchev–Trinajstić information content (AvgIpc) is 2.76. The number of benzene rings is 2. The smallest absolute Gasteiger partial charge is 0.296 e. The molecule has 0 unspecified atom stereocenters. The van der Waals surface area contributed by atoms with Gasteiger partial charge in [-0.2, -0.15) is 20.2 Å². The minimum Gasteiger partial charge on any atom is -0.497 e. The van der Waals surface area contributed by atoms with Gasteiger partial charge in [-0.25, -0.2) is 0 Å². The SMILES string of the molecule is COc1ccc(CSCCC(=O)CCC(=O)CCOS(=O)(=O)c2ccc(C)cc2)cc1. The highest BCUT2D eigenvalue weighted by molar-refractivity contribution is 7.98. The van der Waals surface area contributed by atoms with Crippen molar-refractivity contribution in [3.8, 4) is 5.75 Å². The van der Waals surface area contributed by atoms with E-state index in [2.05, 4.69) is 0 Å². The largest absolute Gasteiger partial charge is 0.497 e. The van der Waals surface area contributed by atoms with Crippen LogP contribution in [-0.4, -0.2) is 39.5 Å². The van der Waals surface area contributed by atoms with E-state index in [4.69, 9.17) is 8.92 Å². The van der Waals surface area contributed by atoms with E-state index in [9.17, 15) is 18.0 Å². The number of carbonyl (C=O) groups excluding carboxylic acids is 2. The van der Waals surface area contributed by atoms with Gasteiger partial charge in [0.25, 0.3) is 10.1 Å². The molecule has 2 aromatic carbocycles. The molecule has 0 bridgehead atoms. The van der Waals surface area contributed by atoms with Crippen LogP contribution in [0.2, 0.25) is 0 Å². The zero-order valence-corrected chi connectivity index (χ0v) is 19.5. The molecule has 0 radical (unpaired) electrons. The van der Waals surface area contributed by atoms with E-state index < -0.39 is 10.1 Å². The molecular formula is C23H28O6S2. The van der Waals surface area contributed by atoms with Gasteiger partial charge in [0, 0.05) is 37.2 Å². The Morgan fingerprint density at radius 1 is 0.871 bits per heavy atom. The van der Waals surface area contributed by atoms with Gasteiger partial charge in [-0.3, -0.25) is 13.8 Å². The summed E-state index contributed by atoms with van der Waals surface area (Å²) in [6, 6.07) is 14.1. The van der Waals surface area contributed by atoms with Crippen molar-refractivity contribution in [3.63, 3.8) is 0 Å². The second-order valence-electron chi connectivity index (χ2n) is 7.07. The second-order valence-corrected chi connectivity index (χ2v) is 9.79. The summed E-state index contributed by atoms with van der Waals surface area (Å²) >= 11 is 1.66. The second kappa shape index (κ2) is 12.6. The van der Waals surface area contributed by atoms with Crippen LogP contribution in [0.4, 0.5) is 0 Å². The van der Waals surface area contributed by atoms with Crippen LogP contribution in [0.5, 0.6) is 5.75 Å². The summed E-state index contributed by atoms with van der Waals surface area (Å²) in [6.45, 7) is 1.64. The summed E-state index contributed by atoms with van der Waals surface area (Å²) in [7, 11) is -2.25. The molecule has 0 amide bonds. The monoisotopic (exact) mass is 464 g/mol. The van der Waals surface area contributed by atoms with E-state index in [1.807, 2.05) is 31.2 Å². The van der Waals surface area contributed by atoms with Gasteiger partial charge in [0.1, 0.15) is 17.3 Å². The first-order chi connectivity index (χ1) is 14.8. The summed E-state index contributed by atoms with van der Waals surface area (Å²) < 4.78 is 34.2. The van der Waals surface area contributed by atoms with E-state index in [1.165, 1.54) is 12.1 Å². The summed E-state index contributed by atoms with van der Waals surface area (Å²) in [5.41, 5.74) is 2.10. The number of ketones is 2. The summed E-state index contributed by atoms with van der Waals surface area (Å²) in [6.07, 6.45) is 0.652. The maximum atomic E-state index is 12.1. The summed E-state index contributed by atoms with van der Waals surface area (Å²) in [5.74, 6) is 2.16. The molecule has 8 heteroatoms. The number of rotatable bonds is 14. The van der Waals surface area contributed by atoms with Crippen molar-refractivity contribution in [2.24, 2.45) is 0 Å². The van der Waals surface area contributed by atoms with Crippen LogP contribution in [0, 0.1) is 6.92 Å². The predicted molar refractivity (Wildman–Crippen MR) is 122 cm³/mol. The molecule has 0 spiro atoms. The minimum atomic E-state index is -3.87. The zero-order chi connectivity index (χ0) is 22.7. The fraction of sp³-hybridized carbons (Fsp3) is 0.391. The molecule has 0 saturated carbocycles. The lowest BCUT2D eigenvalue weighted by atomic mass is 10.1. The van der Waals surface area contributed by atoms with Crippen molar-refractivity contribution in [3.05, 3.63) is 59.7 Å². The van der Waals surface area contributed by atoms with Crippen LogP contribution in [0.25, 0.3) is 0 Å². The Balaban J connectivity index is 1.58. The molecule has 168 valence electrons. The number of hydrogen-bond donors (Lipinski definition) is 0. The maximum absolute atomic E-state index is 12.1. The number of thioether (sulfide) groups is 1. The van der Waals surface area contributed by atoms with E-state index in [0.29, 0.717) is 12.2 Å². The Hall–Kier alpha value is -2.16. The van der Waals surface area contributed by atoms with Gasteiger partial charge < -0.3 is 4.74 Å². The number of Topliss-reactive ketones (excluding diaryl/α,β-unsaturated/α-hetero) is 2. The standard InChI is InChI=1S/C23H28O6S2/c1-18-3-11-23(12-4-18)31(26,27)29-15-13-20(24)7-8-21(25)14-16-30-17-19-5-9-22(28-2)10-6-19/h3-6,9-12H,7-8,13-17H2,1-2H3. The van der Waals surface area contributed by atoms with Crippen LogP contribution < -0.4 is 4.74 Å². The van der Waals surface area contributed by atoms with Crippen LogP contribution >= 0.6 is 11.8 Å². The van der Waals surface area contributed by atoms with Gasteiger partial charge in [-0.15, -0.1) is 0 Å². The lowest BCUT2D eigenvalue weighted by molar-refractivity contribution is -0.124. The number of methoxy groups -OCH3 is 1. The Morgan fingerprint density at radius 2 is 1.48 bits per heavy atom. The van der Waals surface area contributed by atoms with E-state index in [0.717, 1.165) is 22.6 Å². The minimum absolute atomic E-state index is 0.0313. The lowest BCUT2D eigenvalue weighted by Crippen LogP contribution is -2.12. The summed E-state index contributed by atoms with van der Waals surface area (Å²) in [4.78, 5) is 24.0. The van der Waals surface area contributed by atoms with E-state index >= 15 is 0 Å². The quantitative estimate of drug-likeness (QED) is 0.304. The first kappa shape index (κ1) is 25.1. The number of carbonyl (C=O) groups is 2. The average molecular weight is 465 g/mol. The topological polar surface area (TPSA) is 86.7 Å². The van der Waals surface area contributed by atoms with Crippen molar-refractivity contribution in [2.45, 2.75) is 43.3 Å². The van der Waals surface area contributed by atoms with Crippen molar-refractivity contribution >= 4 is 33.4 Å². The van der Waals surface area contributed by atoms with Crippen LogP contribution in [0.3, 0.4) is 0 Å². The zero-order valence-electron chi connectivity index (χ0n) is 17.8. The molecule has 0 aliphatic carbocycles. The molecule has 2 rings (SSSR count). The highest BCUT2D eigenvalue weighted by Crippen LogP contribution is 2.18. The first-order valence-corrected chi connectivity index (χ1v) is 12.6. The van der Waals surface area contributed by atoms with Gasteiger partial charge in [0.15, 0.2) is 0 Å². The number of ether oxygens (including phenoxy) is 1. The van der Waals surface area contributed by atoms with Gasteiger partial charge >= 0.3 is 0 Å². The third-order valence-electron chi connectivity index (χ3n) is 4.56. The van der Waals surface area contributed by atoms with Crippen molar-refractivity contribution in [2.75, 3.05) is 19.5 Å². The maximum Gasteiger partial charge on any atom is 0.296 e. The Labute approximate surface area is 188 Å². The van der Waals surface area contributed by atoms with Gasteiger partial charge in [-0.05, 0) is 36.8 Å². The van der Waals surface area contributed by atoms with Crippen molar-refractivity contribution in [1.29, 1.82) is 0 Å². The predicted octanol–water partition coefficient (Wildman–Crippen LogP) is 4.34. The molecule has 2 aromatic rings. The van der Waals surface area contributed by atoms with Gasteiger partial charge in [0.2, 0.25) is 0 Å². The Bertz CT molecular complexity index is 951. The molecule has 0 aliphatic rings. The van der Waals surface area contributed by atoms with Gasteiger partial charge in [-0.1, -0.05) is 29.8 Å². The molecule has 0 saturated heterocycles. The van der Waals surface area contributed by atoms with Crippen LogP contribution in [-0.2, 0) is 29.6 Å². The molecule has 0 N–H and O–H groups in total. The Kier molecular flexibility index (Phi) is 10.2. The number of aryl methyl sites for hydroxylation is 1. The molecule has 31 heavy (non-hydrogen) atoms. The molecule has 6 nitrogen and oxygen atoms in total. The fourth-order valence-electron chi connectivity index (χ4n) is 2.66. The van der Waals surface area contributed by atoms with Crippen molar-refractivity contribution < 1.29 is 26.9 Å². The molecule has 0 aliphatic heterocycles. The molecule has 0 atom stereocenters. The first-order valence-electron chi connectivity index (χ1n) is 10.0. The van der Waals surface area contributed by atoms with Gasteiger partial charge in [0.05, 0.1) is 18.6 Å². The molecular weight excluding hydrogens is 436 g/mol. The summed E-state index contributed by atoms with van der Waals surface area (Å²) in [5, 5.41) is 0. The van der Waals surface area contributed by atoms with Crippen molar-refractivity contribution in [1.82, 2.24) is 0 Å². The normalized spacial score (nSPS) is 11.3. The van der Waals surface area contributed by atoms with Crippen LogP contribution in [0.15, 0.2) is 53.4 Å². The van der Waals surface area contributed by atoms with E-state index in [1.54, 1.807) is 31.0 Å². The number of hydrogen-bond acceptors (Lipinski definition) is 7. The van der Waals surface area contributed by atoms with Crippen LogP contribution in [0.1, 0.15) is 36.8 Å². The highest BCUT2D eigenvalue weighted by atomic mass is 32.2. The van der Waals surface area contributed by atoms with E-state index in [-0.39, 0.29) is 42.3 Å². The third kappa shape index (κ3) is 9.25. The Morgan fingerprint density at radius 3 is 2.10 bits per heavy atom.